The summed E-state index contributed by atoms with van der Waals surface area (Å²) in [6, 6.07) is 9.74. The summed E-state index contributed by atoms with van der Waals surface area (Å²) in [5, 5.41) is 0.705. The van der Waals surface area contributed by atoms with Crippen LogP contribution in [0, 0.1) is 6.92 Å². The van der Waals surface area contributed by atoms with Crippen molar-refractivity contribution in [2.24, 2.45) is 0 Å². The zero-order valence-electron chi connectivity index (χ0n) is 12.1. The lowest BCUT2D eigenvalue weighted by molar-refractivity contribution is 0.308. The summed E-state index contributed by atoms with van der Waals surface area (Å²) in [6.07, 6.45) is 1.62. The molecule has 0 amide bonds. The zero-order chi connectivity index (χ0) is 15.0. The topological polar surface area (TPSA) is 32.3 Å². The van der Waals surface area contributed by atoms with E-state index in [0.717, 1.165) is 32.9 Å². The predicted molar refractivity (Wildman–Crippen MR) is 85.9 cm³/mol. The number of aryl methyl sites for hydroxylation is 1. The van der Waals surface area contributed by atoms with Gasteiger partial charge in [-0.15, -0.1) is 0 Å². The molecule has 0 spiro atoms. The fourth-order valence-electron chi connectivity index (χ4n) is 2.62. The van der Waals surface area contributed by atoms with E-state index in [0.29, 0.717) is 23.8 Å². The van der Waals surface area contributed by atoms with E-state index >= 15 is 0 Å². The smallest absolute Gasteiger partial charge is 0.205 e. The molecule has 1 aliphatic rings. The molecular weight excluding hydrogens is 304 g/mol. The molecule has 2 aromatic carbocycles. The second-order valence-corrected chi connectivity index (χ2v) is 6.98. The molecule has 0 N–H and O–H groups in total. The number of rotatable bonds is 3. The first-order valence-electron chi connectivity index (χ1n) is 7.08. The minimum absolute atomic E-state index is 0.617. The quantitative estimate of drug-likeness (QED) is 0.779. The third kappa shape index (κ3) is 2.54. The van der Waals surface area contributed by atoms with Gasteiger partial charge in [-0.2, -0.15) is 0 Å². The third-order valence-electron chi connectivity index (χ3n) is 3.64. The van der Waals surface area contributed by atoms with Gasteiger partial charge >= 0.3 is 0 Å². The van der Waals surface area contributed by atoms with Gasteiger partial charge in [-0.3, -0.25) is 0 Å². The Hall–Kier alpha value is -1.16. The average Bonchev–Trinajstić information content (AvgIpc) is 2.50. The van der Waals surface area contributed by atoms with Crippen LogP contribution in [0.5, 0.6) is 5.75 Å². The minimum Gasteiger partial charge on any atom is -0.606 e. The normalized spacial score (nSPS) is 16.3. The first-order chi connectivity index (χ1) is 10.1. The van der Waals surface area contributed by atoms with Crippen LogP contribution in [-0.4, -0.2) is 11.2 Å². The van der Waals surface area contributed by atoms with Crippen LogP contribution < -0.4 is 4.74 Å². The summed E-state index contributed by atoms with van der Waals surface area (Å²) in [5.41, 5.74) is 3.00. The van der Waals surface area contributed by atoms with E-state index in [-0.39, 0.29) is 0 Å². The fourth-order valence-corrected chi connectivity index (χ4v) is 4.39. The molecule has 2 nitrogen and oxygen atoms in total. The van der Waals surface area contributed by atoms with E-state index in [9.17, 15) is 4.55 Å². The number of halogens is 1. The Morgan fingerprint density at radius 3 is 2.86 bits per heavy atom. The maximum absolute atomic E-state index is 12.9. The van der Waals surface area contributed by atoms with Gasteiger partial charge in [0.25, 0.3) is 0 Å². The van der Waals surface area contributed by atoms with Gasteiger partial charge in [0.15, 0.2) is 10.6 Å². The molecule has 0 aliphatic carbocycles. The van der Waals surface area contributed by atoms with E-state index in [4.69, 9.17) is 16.3 Å². The Morgan fingerprint density at radius 2 is 2.10 bits per heavy atom. The predicted octanol–water partition coefficient (Wildman–Crippen LogP) is 4.51. The van der Waals surface area contributed by atoms with Crippen molar-refractivity contribution >= 4 is 22.8 Å². The van der Waals surface area contributed by atoms with E-state index in [1.807, 2.05) is 37.3 Å². The summed E-state index contributed by atoms with van der Waals surface area (Å²) in [5.74, 6) is 0.710. The van der Waals surface area contributed by atoms with Crippen LogP contribution in [-0.2, 0) is 17.6 Å². The number of ether oxygens (including phenoxy) is 1. The molecule has 0 fully saturated rings. The fraction of sp³-hybridized carbons (Fsp3) is 0.294. The molecule has 0 bridgehead atoms. The molecule has 0 saturated heterocycles. The van der Waals surface area contributed by atoms with Crippen LogP contribution in [0.4, 0.5) is 0 Å². The number of fused-ring (bicyclic) bond motifs is 2. The van der Waals surface area contributed by atoms with Gasteiger partial charge in [0.05, 0.1) is 11.6 Å². The molecule has 2 aromatic rings. The molecule has 110 valence electrons. The maximum atomic E-state index is 12.9. The Kier molecular flexibility index (Phi) is 4.16. The highest BCUT2D eigenvalue weighted by Crippen LogP contribution is 2.44. The van der Waals surface area contributed by atoms with Crippen molar-refractivity contribution in [3.63, 3.8) is 0 Å². The molecule has 1 atom stereocenters. The lowest BCUT2D eigenvalue weighted by Crippen LogP contribution is -2.17. The minimum atomic E-state index is -1.23. The van der Waals surface area contributed by atoms with Gasteiger partial charge in [-0.05, 0) is 31.0 Å². The maximum Gasteiger partial charge on any atom is 0.205 e. The Morgan fingerprint density at radius 1 is 1.33 bits per heavy atom. The standard InChI is InChI=1S/C17H17ClO2S/c1-3-8-20-14-9-11(2)16(18)13-10-12-6-4-5-7-15(12)21(19)17(13)14/h4-7,9H,3,8,10H2,1-2H3. The molecular formula is C17H17ClO2S. The lowest BCUT2D eigenvalue weighted by Gasteiger charge is -2.25. The highest BCUT2D eigenvalue weighted by atomic mass is 35.5. The van der Waals surface area contributed by atoms with E-state index in [2.05, 4.69) is 6.92 Å². The van der Waals surface area contributed by atoms with E-state index < -0.39 is 11.2 Å². The lowest BCUT2D eigenvalue weighted by atomic mass is 10.0. The molecule has 4 heteroatoms. The molecule has 3 rings (SSSR count). The van der Waals surface area contributed by atoms with Crippen molar-refractivity contribution in [3.05, 3.63) is 52.0 Å². The van der Waals surface area contributed by atoms with Gasteiger partial charge in [-0.1, -0.05) is 36.7 Å². The van der Waals surface area contributed by atoms with Gasteiger partial charge in [0, 0.05) is 28.7 Å². The second kappa shape index (κ2) is 5.91. The van der Waals surface area contributed by atoms with Crippen molar-refractivity contribution in [3.8, 4) is 5.75 Å². The molecule has 1 unspecified atom stereocenters. The summed E-state index contributed by atoms with van der Waals surface area (Å²) in [6.45, 7) is 4.64. The van der Waals surface area contributed by atoms with Gasteiger partial charge < -0.3 is 9.29 Å². The summed E-state index contributed by atoms with van der Waals surface area (Å²) in [4.78, 5) is 1.61. The molecule has 1 aliphatic heterocycles. The Balaban J connectivity index is 2.16. The molecule has 0 saturated carbocycles. The SMILES string of the molecule is CCCOc1cc(C)c(Cl)c2c1[S+]([O-])c1ccccc1C2. The largest absolute Gasteiger partial charge is 0.606 e. The van der Waals surface area contributed by atoms with Crippen LogP contribution in [0.2, 0.25) is 5.02 Å². The first-order valence-corrected chi connectivity index (χ1v) is 8.60. The Bertz CT molecular complexity index is 685. The number of hydrogen-bond donors (Lipinski definition) is 0. The van der Waals surface area contributed by atoms with Gasteiger partial charge in [0.1, 0.15) is 0 Å². The Labute approximate surface area is 133 Å². The van der Waals surface area contributed by atoms with Crippen LogP contribution in [0.3, 0.4) is 0 Å². The van der Waals surface area contributed by atoms with Crippen molar-refractivity contribution in [1.82, 2.24) is 0 Å². The summed E-state index contributed by atoms with van der Waals surface area (Å²) >= 11 is 5.23. The van der Waals surface area contributed by atoms with E-state index in [1.54, 1.807) is 0 Å². The second-order valence-electron chi connectivity index (χ2n) is 5.21. The van der Waals surface area contributed by atoms with Crippen molar-refractivity contribution < 1.29 is 9.29 Å². The van der Waals surface area contributed by atoms with Gasteiger partial charge in [0.2, 0.25) is 4.90 Å². The molecule has 0 radical (unpaired) electrons. The monoisotopic (exact) mass is 320 g/mol. The summed E-state index contributed by atoms with van der Waals surface area (Å²) in [7, 11) is 0. The van der Waals surface area contributed by atoms with Crippen LogP contribution in [0.25, 0.3) is 0 Å². The molecule has 21 heavy (non-hydrogen) atoms. The number of benzene rings is 2. The van der Waals surface area contributed by atoms with Crippen LogP contribution in [0.15, 0.2) is 40.1 Å². The van der Waals surface area contributed by atoms with Crippen molar-refractivity contribution in [1.29, 1.82) is 0 Å². The van der Waals surface area contributed by atoms with Gasteiger partial charge in [-0.25, -0.2) is 0 Å². The third-order valence-corrected chi connectivity index (χ3v) is 5.79. The average molecular weight is 321 g/mol. The highest BCUT2D eigenvalue weighted by molar-refractivity contribution is 7.91. The zero-order valence-corrected chi connectivity index (χ0v) is 13.7. The van der Waals surface area contributed by atoms with Crippen LogP contribution in [0.1, 0.15) is 30.0 Å². The summed E-state index contributed by atoms with van der Waals surface area (Å²) < 4.78 is 18.8. The first kappa shape index (κ1) is 14.8. The van der Waals surface area contributed by atoms with Crippen molar-refractivity contribution in [2.45, 2.75) is 36.5 Å². The van der Waals surface area contributed by atoms with E-state index in [1.165, 1.54) is 0 Å². The molecule has 0 aromatic heterocycles. The number of hydrogen-bond acceptors (Lipinski definition) is 2. The highest BCUT2D eigenvalue weighted by Gasteiger charge is 2.34. The molecule has 1 heterocycles. The van der Waals surface area contributed by atoms with Crippen LogP contribution >= 0.6 is 11.6 Å². The van der Waals surface area contributed by atoms with Crippen molar-refractivity contribution in [2.75, 3.05) is 6.61 Å².